The van der Waals surface area contributed by atoms with Gasteiger partial charge in [0.05, 0.1) is 19.1 Å². The van der Waals surface area contributed by atoms with Crippen LogP contribution in [0.25, 0.3) is 0 Å². The van der Waals surface area contributed by atoms with Crippen LogP contribution in [0, 0.1) is 5.41 Å². The second-order valence-corrected chi connectivity index (χ2v) is 3.67. The fraction of sp³-hybridized carbons (Fsp3) is 0.600. The summed E-state index contributed by atoms with van der Waals surface area (Å²) >= 11 is 0. The summed E-state index contributed by atoms with van der Waals surface area (Å²) in [6, 6.07) is -0.544. The lowest BCUT2D eigenvalue weighted by molar-refractivity contribution is -0.147. The SMILES string of the molecule is C=CC[C@]1(C)C(=O)CN[C@@H]1C(=O)OC. The van der Waals surface area contributed by atoms with E-state index in [1.54, 1.807) is 13.0 Å². The Hall–Kier alpha value is -1.16. The first-order valence-corrected chi connectivity index (χ1v) is 4.51. The Morgan fingerprint density at radius 3 is 3.00 bits per heavy atom. The third kappa shape index (κ3) is 1.57. The highest BCUT2D eigenvalue weighted by molar-refractivity contribution is 5.96. The van der Waals surface area contributed by atoms with Crippen molar-refractivity contribution < 1.29 is 14.3 Å². The highest BCUT2D eigenvalue weighted by atomic mass is 16.5. The third-order valence-corrected chi connectivity index (χ3v) is 2.75. The quantitative estimate of drug-likeness (QED) is 0.521. The molecule has 4 nitrogen and oxygen atoms in total. The number of ketones is 1. The smallest absolute Gasteiger partial charge is 0.323 e. The molecule has 1 saturated heterocycles. The van der Waals surface area contributed by atoms with Crippen LogP contribution in [0.15, 0.2) is 12.7 Å². The Kier molecular flexibility index (Phi) is 3.06. The molecule has 0 spiro atoms. The number of nitrogens with one attached hydrogen (secondary N) is 1. The zero-order valence-electron chi connectivity index (χ0n) is 8.50. The zero-order chi connectivity index (χ0) is 10.8. The first-order chi connectivity index (χ1) is 6.56. The maximum Gasteiger partial charge on any atom is 0.323 e. The highest BCUT2D eigenvalue weighted by Gasteiger charge is 2.49. The molecule has 0 aromatic heterocycles. The Morgan fingerprint density at radius 1 is 1.86 bits per heavy atom. The van der Waals surface area contributed by atoms with Crippen molar-refractivity contribution in [3.63, 3.8) is 0 Å². The number of hydrogen-bond acceptors (Lipinski definition) is 4. The normalized spacial score (nSPS) is 31.6. The Labute approximate surface area is 83.3 Å². The van der Waals surface area contributed by atoms with Gasteiger partial charge < -0.3 is 4.74 Å². The van der Waals surface area contributed by atoms with Gasteiger partial charge in [0.2, 0.25) is 0 Å². The summed E-state index contributed by atoms with van der Waals surface area (Å²) in [4.78, 5) is 23.0. The molecule has 2 atom stereocenters. The van der Waals surface area contributed by atoms with Crippen molar-refractivity contribution >= 4 is 11.8 Å². The summed E-state index contributed by atoms with van der Waals surface area (Å²) in [5, 5.41) is 2.86. The van der Waals surface area contributed by atoms with E-state index in [4.69, 9.17) is 0 Å². The number of allylic oxidation sites excluding steroid dienone is 1. The molecule has 0 amide bonds. The van der Waals surface area contributed by atoms with Crippen molar-refractivity contribution in [1.82, 2.24) is 5.32 Å². The second kappa shape index (κ2) is 3.92. The van der Waals surface area contributed by atoms with E-state index in [-0.39, 0.29) is 18.3 Å². The van der Waals surface area contributed by atoms with Crippen molar-refractivity contribution in [2.45, 2.75) is 19.4 Å². The van der Waals surface area contributed by atoms with E-state index in [1.165, 1.54) is 7.11 Å². The predicted octanol–water partition coefficient (Wildman–Crippen LogP) is 0.283. The number of carbonyl (C=O) groups excluding carboxylic acids is 2. The number of rotatable bonds is 3. The van der Waals surface area contributed by atoms with Gasteiger partial charge in [-0.25, -0.2) is 0 Å². The first-order valence-electron chi connectivity index (χ1n) is 4.51. The van der Waals surface area contributed by atoms with Gasteiger partial charge in [0.1, 0.15) is 6.04 Å². The molecule has 78 valence electrons. The summed E-state index contributed by atoms with van der Waals surface area (Å²) in [5.41, 5.74) is -0.700. The summed E-state index contributed by atoms with van der Waals surface area (Å²) in [7, 11) is 1.32. The van der Waals surface area contributed by atoms with Crippen LogP contribution in [-0.4, -0.2) is 31.4 Å². The molecule has 14 heavy (non-hydrogen) atoms. The molecule has 1 aliphatic heterocycles. The lowest BCUT2D eigenvalue weighted by Crippen LogP contribution is -2.43. The van der Waals surface area contributed by atoms with Gasteiger partial charge in [0.15, 0.2) is 5.78 Å². The predicted molar refractivity (Wildman–Crippen MR) is 51.7 cm³/mol. The molecule has 1 heterocycles. The summed E-state index contributed by atoms with van der Waals surface area (Å²) < 4.78 is 4.64. The van der Waals surface area contributed by atoms with E-state index in [9.17, 15) is 9.59 Å². The molecule has 0 saturated carbocycles. The van der Waals surface area contributed by atoms with Gasteiger partial charge in [-0.3, -0.25) is 14.9 Å². The lowest BCUT2D eigenvalue weighted by atomic mass is 9.78. The molecule has 0 aliphatic carbocycles. The van der Waals surface area contributed by atoms with E-state index >= 15 is 0 Å². The summed E-state index contributed by atoms with van der Waals surface area (Å²) in [5.74, 6) is -0.354. The molecule has 0 aromatic carbocycles. The molecule has 0 aromatic rings. The van der Waals surface area contributed by atoms with Crippen LogP contribution in [0.3, 0.4) is 0 Å². The minimum atomic E-state index is -0.700. The number of carbonyl (C=O) groups is 2. The maximum absolute atomic E-state index is 11.6. The molecule has 1 fully saturated rings. The average Bonchev–Trinajstić information content (AvgIpc) is 2.43. The van der Waals surface area contributed by atoms with Crippen molar-refractivity contribution in [1.29, 1.82) is 0 Å². The number of methoxy groups -OCH3 is 1. The van der Waals surface area contributed by atoms with Crippen LogP contribution in [0.4, 0.5) is 0 Å². The van der Waals surface area contributed by atoms with Gasteiger partial charge in [-0.15, -0.1) is 6.58 Å². The molecular formula is C10H15NO3. The molecule has 0 unspecified atom stereocenters. The molecule has 1 rings (SSSR count). The summed E-state index contributed by atoms with van der Waals surface area (Å²) in [6.07, 6.45) is 2.14. The minimum absolute atomic E-state index is 0.0350. The standard InChI is InChI=1S/C10H15NO3/c1-4-5-10(2)7(12)6-11-8(10)9(13)14-3/h4,8,11H,1,5-6H2,2-3H3/t8-,10-/m1/s1. The second-order valence-electron chi connectivity index (χ2n) is 3.67. The first kappa shape index (κ1) is 10.9. The van der Waals surface area contributed by atoms with Crippen molar-refractivity contribution in [2.75, 3.05) is 13.7 Å². The number of ether oxygens (including phenoxy) is 1. The Morgan fingerprint density at radius 2 is 2.50 bits per heavy atom. The van der Waals surface area contributed by atoms with Crippen LogP contribution in [-0.2, 0) is 14.3 Å². The zero-order valence-corrected chi connectivity index (χ0v) is 8.50. The van der Waals surface area contributed by atoms with Gasteiger partial charge in [-0.1, -0.05) is 13.0 Å². The van der Waals surface area contributed by atoms with E-state index < -0.39 is 11.5 Å². The Bertz CT molecular complexity index is 275. The van der Waals surface area contributed by atoms with E-state index in [0.717, 1.165) is 0 Å². The van der Waals surface area contributed by atoms with Gasteiger partial charge in [0, 0.05) is 0 Å². The summed E-state index contributed by atoms with van der Waals surface area (Å²) in [6.45, 7) is 5.58. The van der Waals surface area contributed by atoms with Crippen LogP contribution in [0.5, 0.6) is 0 Å². The highest BCUT2D eigenvalue weighted by Crippen LogP contribution is 2.32. The van der Waals surface area contributed by atoms with Crippen LogP contribution >= 0.6 is 0 Å². The number of hydrogen-bond donors (Lipinski definition) is 1. The van der Waals surface area contributed by atoms with Gasteiger partial charge in [-0.05, 0) is 6.42 Å². The van der Waals surface area contributed by atoms with E-state index in [1.807, 2.05) is 0 Å². The minimum Gasteiger partial charge on any atom is -0.468 e. The monoisotopic (exact) mass is 197 g/mol. The Balaban J connectivity index is 2.91. The molecule has 0 radical (unpaired) electrons. The van der Waals surface area contributed by atoms with Crippen molar-refractivity contribution in [2.24, 2.45) is 5.41 Å². The van der Waals surface area contributed by atoms with E-state index in [2.05, 4.69) is 16.6 Å². The van der Waals surface area contributed by atoms with Crippen molar-refractivity contribution in [3.8, 4) is 0 Å². The topological polar surface area (TPSA) is 55.4 Å². The largest absolute Gasteiger partial charge is 0.468 e. The van der Waals surface area contributed by atoms with E-state index in [0.29, 0.717) is 6.42 Å². The van der Waals surface area contributed by atoms with Crippen LogP contribution < -0.4 is 5.32 Å². The van der Waals surface area contributed by atoms with Crippen molar-refractivity contribution in [3.05, 3.63) is 12.7 Å². The third-order valence-electron chi connectivity index (χ3n) is 2.75. The maximum atomic E-state index is 11.6. The molecular weight excluding hydrogens is 182 g/mol. The number of Topliss-reactive ketones (excluding diaryl/α,β-unsaturated/α-hetero) is 1. The molecule has 4 heteroatoms. The average molecular weight is 197 g/mol. The number of esters is 1. The van der Waals surface area contributed by atoms with Crippen LogP contribution in [0.2, 0.25) is 0 Å². The molecule has 1 aliphatic rings. The van der Waals surface area contributed by atoms with Gasteiger partial charge >= 0.3 is 5.97 Å². The van der Waals surface area contributed by atoms with Gasteiger partial charge in [0.25, 0.3) is 0 Å². The fourth-order valence-corrected chi connectivity index (χ4v) is 1.78. The molecule has 0 bridgehead atoms. The molecule has 1 N–H and O–H groups in total. The fourth-order valence-electron chi connectivity index (χ4n) is 1.78. The van der Waals surface area contributed by atoms with Gasteiger partial charge in [-0.2, -0.15) is 0 Å². The van der Waals surface area contributed by atoms with Crippen LogP contribution in [0.1, 0.15) is 13.3 Å². The lowest BCUT2D eigenvalue weighted by Gasteiger charge is -2.25.